The first kappa shape index (κ1) is 24.0. The molecule has 9 nitrogen and oxygen atoms in total. The van der Waals surface area contributed by atoms with Crippen LogP contribution in [0.4, 0.5) is 0 Å². The third-order valence-corrected chi connectivity index (χ3v) is 7.11. The molecule has 0 bridgehead atoms. The lowest BCUT2D eigenvalue weighted by atomic mass is 10.0. The van der Waals surface area contributed by atoms with Gasteiger partial charge in [0.25, 0.3) is 5.56 Å². The van der Waals surface area contributed by atoms with Gasteiger partial charge < -0.3 is 14.5 Å². The molecule has 0 radical (unpaired) electrons. The van der Waals surface area contributed by atoms with Crippen molar-refractivity contribution >= 4 is 10.9 Å². The average molecular weight is 489 g/mol. The summed E-state index contributed by atoms with van der Waals surface area (Å²) in [5.74, 6) is 2.24. The summed E-state index contributed by atoms with van der Waals surface area (Å²) in [6.45, 7) is 12.2. The van der Waals surface area contributed by atoms with Gasteiger partial charge in [-0.3, -0.25) is 9.69 Å². The molecule has 188 valence electrons. The normalized spacial score (nSPS) is 13.2. The molecular weight excluding hydrogens is 456 g/mol. The summed E-state index contributed by atoms with van der Waals surface area (Å²) in [7, 11) is 0. The van der Waals surface area contributed by atoms with E-state index in [-0.39, 0.29) is 17.9 Å². The van der Waals surface area contributed by atoms with E-state index in [0.29, 0.717) is 25.2 Å². The summed E-state index contributed by atoms with van der Waals surface area (Å²) in [5.41, 5.74) is 4.63. The number of aromatic nitrogens is 5. The van der Waals surface area contributed by atoms with E-state index < -0.39 is 0 Å². The standard InChI is InChI=1S/C27H32N6O3/c1-6-27(4,5)33-25(29-30-31-33)15-32(13-19-7-8-23-24(11-19)36-16-35-23)14-21-12-20-9-17(2)18(3)10-22(20)28-26(21)34/h7-12H,6,13-16H2,1-5H3,(H,28,34). The van der Waals surface area contributed by atoms with Crippen molar-refractivity contribution in [1.82, 2.24) is 30.1 Å². The summed E-state index contributed by atoms with van der Waals surface area (Å²) in [6.07, 6.45) is 0.885. The van der Waals surface area contributed by atoms with Gasteiger partial charge in [-0.1, -0.05) is 13.0 Å². The van der Waals surface area contributed by atoms with Crippen LogP contribution in [0.2, 0.25) is 0 Å². The van der Waals surface area contributed by atoms with Crippen LogP contribution in [-0.2, 0) is 25.2 Å². The molecule has 0 unspecified atom stereocenters. The van der Waals surface area contributed by atoms with Gasteiger partial charge in [0.05, 0.1) is 12.1 Å². The van der Waals surface area contributed by atoms with Crippen LogP contribution in [0.1, 0.15) is 55.3 Å². The SMILES string of the molecule is CCC(C)(C)n1nnnc1CN(Cc1ccc2c(c1)OCO2)Cc1cc2cc(C)c(C)cc2[nH]c1=O. The summed E-state index contributed by atoms with van der Waals surface area (Å²) in [5, 5.41) is 13.6. The second kappa shape index (κ2) is 9.39. The molecule has 0 spiro atoms. The van der Waals surface area contributed by atoms with Crippen LogP contribution in [0.5, 0.6) is 11.5 Å². The number of nitrogens with zero attached hydrogens (tertiary/aromatic N) is 5. The molecule has 0 atom stereocenters. The fourth-order valence-corrected chi connectivity index (χ4v) is 4.47. The predicted molar refractivity (Wildman–Crippen MR) is 137 cm³/mol. The third kappa shape index (κ3) is 4.70. The number of nitrogens with one attached hydrogen (secondary N) is 1. The van der Waals surface area contributed by atoms with Crippen LogP contribution in [0.15, 0.2) is 41.2 Å². The zero-order chi connectivity index (χ0) is 25.4. The number of hydrogen-bond donors (Lipinski definition) is 1. The van der Waals surface area contributed by atoms with Gasteiger partial charge in [-0.15, -0.1) is 5.10 Å². The van der Waals surface area contributed by atoms with Crippen LogP contribution < -0.4 is 15.0 Å². The third-order valence-electron chi connectivity index (χ3n) is 7.11. The maximum absolute atomic E-state index is 13.1. The molecule has 9 heteroatoms. The van der Waals surface area contributed by atoms with E-state index >= 15 is 0 Å². The first-order valence-electron chi connectivity index (χ1n) is 12.3. The molecule has 1 N–H and O–H groups in total. The Morgan fingerprint density at radius 1 is 1.03 bits per heavy atom. The Labute approximate surface area is 210 Å². The van der Waals surface area contributed by atoms with E-state index in [1.807, 2.05) is 35.0 Å². The number of hydrogen-bond acceptors (Lipinski definition) is 7. The molecule has 0 fully saturated rings. The van der Waals surface area contributed by atoms with Crippen LogP contribution in [-0.4, -0.2) is 36.9 Å². The molecule has 1 aliphatic heterocycles. The zero-order valence-corrected chi connectivity index (χ0v) is 21.5. The summed E-state index contributed by atoms with van der Waals surface area (Å²) < 4.78 is 12.9. The van der Waals surface area contributed by atoms with E-state index in [0.717, 1.165) is 45.8 Å². The van der Waals surface area contributed by atoms with E-state index in [4.69, 9.17) is 9.47 Å². The maximum atomic E-state index is 13.1. The number of pyridine rings is 1. The van der Waals surface area contributed by atoms with Gasteiger partial charge in [-0.2, -0.15) is 0 Å². The van der Waals surface area contributed by atoms with Crippen molar-refractivity contribution in [3.8, 4) is 11.5 Å². The topological polar surface area (TPSA) is 98.2 Å². The monoisotopic (exact) mass is 488 g/mol. The fourth-order valence-electron chi connectivity index (χ4n) is 4.47. The van der Waals surface area contributed by atoms with Crippen molar-refractivity contribution in [1.29, 1.82) is 0 Å². The number of H-pyrrole nitrogens is 1. The summed E-state index contributed by atoms with van der Waals surface area (Å²) in [4.78, 5) is 18.3. The highest BCUT2D eigenvalue weighted by Crippen LogP contribution is 2.33. The number of tetrazole rings is 1. The van der Waals surface area contributed by atoms with Crippen LogP contribution >= 0.6 is 0 Å². The molecule has 4 aromatic rings. The molecule has 2 aromatic carbocycles. The highest BCUT2D eigenvalue weighted by atomic mass is 16.7. The van der Waals surface area contributed by atoms with Gasteiger partial charge in [0.1, 0.15) is 0 Å². The van der Waals surface area contributed by atoms with Gasteiger partial charge in [0.15, 0.2) is 17.3 Å². The van der Waals surface area contributed by atoms with E-state index in [9.17, 15) is 4.79 Å². The van der Waals surface area contributed by atoms with Crippen molar-refractivity contribution in [3.05, 3.63) is 74.8 Å². The molecule has 3 heterocycles. The zero-order valence-electron chi connectivity index (χ0n) is 21.5. The Hall–Kier alpha value is -3.72. The van der Waals surface area contributed by atoms with E-state index in [2.05, 4.69) is 66.1 Å². The molecule has 1 aliphatic rings. The predicted octanol–water partition coefficient (Wildman–Crippen LogP) is 4.21. The minimum Gasteiger partial charge on any atom is -0.454 e. The Balaban J connectivity index is 1.50. The summed E-state index contributed by atoms with van der Waals surface area (Å²) >= 11 is 0. The molecule has 5 rings (SSSR count). The number of rotatable bonds is 8. The van der Waals surface area contributed by atoms with Crippen molar-refractivity contribution in [3.63, 3.8) is 0 Å². The molecule has 0 saturated carbocycles. The quantitative estimate of drug-likeness (QED) is 0.397. The smallest absolute Gasteiger partial charge is 0.252 e. The van der Waals surface area contributed by atoms with E-state index in [1.165, 1.54) is 5.56 Å². The highest BCUT2D eigenvalue weighted by Gasteiger charge is 2.25. The van der Waals surface area contributed by atoms with Crippen LogP contribution in [0, 0.1) is 13.8 Å². The lowest BCUT2D eigenvalue weighted by Gasteiger charge is -2.27. The van der Waals surface area contributed by atoms with Crippen molar-refractivity contribution in [2.24, 2.45) is 0 Å². The van der Waals surface area contributed by atoms with Gasteiger partial charge >= 0.3 is 0 Å². The average Bonchev–Trinajstić information content (AvgIpc) is 3.50. The van der Waals surface area contributed by atoms with Gasteiger partial charge in [-0.25, -0.2) is 4.68 Å². The number of benzene rings is 2. The van der Waals surface area contributed by atoms with Gasteiger partial charge in [0, 0.05) is 24.2 Å². The molecule has 0 saturated heterocycles. The molecular formula is C27H32N6O3. The number of aromatic amines is 1. The maximum Gasteiger partial charge on any atom is 0.252 e. The van der Waals surface area contributed by atoms with E-state index in [1.54, 1.807) is 0 Å². The minimum atomic E-state index is -0.223. The second-order valence-corrected chi connectivity index (χ2v) is 10.2. The highest BCUT2D eigenvalue weighted by molar-refractivity contribution is 5.80. The molecule has 36 heavy (non-hydrogen) atoms. The Morgan fingerprint density at radius 2 is 1.81 bits per heavy atom. The minimum absolute atomic E-state index is 0.0880. The second-order valence-electron chi connectivity index (χ2n) is 10.2. The number of aryl methyl sites for hydroxylation is 2. The van der Waals surface area contributed by atoms with Gasteiger partial charge in [0.2, 0.25) is 6.79 Å². The molecule has 0 amide bonds. The summed E-state index contributed by atoms with van der Waals surface area (Å²) in [6, 6.07) is 12.1. The lowest BCUT2D eigenvalue weighted by Crippen LogP contribution is -2.32. The fraction of sp³-hybridized carbons (Fsp3) is 0.407. The van der Waals surface area contributed by atoms with Crippen molar-refractivity contribution in [2.45, 2.75) is 66.2 Å². The van der Waals surface area contributed by atoms with Crippen molar-refractivity contribution < 1.29 is 9.47 Å². The Bertz CT molecular complexity index is 1470. The molecule has 2 aromatic heterocycles. The first-order chi connectivity index (χ1) is 17.2. The lowest BCUT2D eigenvalue weighted by molar-refractivity contribution is 0.174. The van der Waals surface area contributed by atoms with Crippen LogP contribution in [0.3, 0.4) is 0 Å². The largest absolute Gasteiger partial charge is 0.454 e. The Morgan fingerprint density at radius 3 is 2.61 bits per heavy atom. The Kier molecular flexibility index (Phi) is 6.26. The van der Waals surface area contributed by atoms with Crippen LogP contribution in [0.25, 0.3) is 10.9 Å². The van der Waals surface area contributed by atoms with Gasteiger partial charge in [-0.05, 0) is 97.0 Å². The number of ether oxygens (including phenoxy) is 2. The molecule has 0 aliphatic carbocycles. The number of fused-ring (bicyclic) bond motifs is 2. The first-order valence-corrected chi connectivity index (χ1v) is 12.3. The van der Waals surface area contributed by atoms with Crippen molar-refractivity contribution in [2.75, 3.05) is 6.79 Å².